The number of nitrogens with one attached hydrogen (secondary N) is 1. The van der Waals surface area contributed by atoms with Gasteiger partial charge in [0.25, 0.3) is 0 Å². The highest BCUT2D eigenvalue weighted by Crippen LogP contribution is 2.44. The Hall–Kier alpha value is -0.120. The molecule has 0 aromatic carbocycles. The van der Waals surface area contributed by atoms with Crippen molar-refractivity contribution < 1.29 is 9.84 Å². The van der Waals surface area contributed by atoms with E-state index in [4.69, 9.17) is 4.74 Å². The van der Waals surface area contributed by atoms with E-state index in [0.717, 1.165) is 11.8 Å². The summed E-state index contributed by atoms with van der Waals surface area (Å²) in [5.74, 6) is 1.85. The van der Waals surface area contributed by atoms with Crippen molar-refractivity contribution in [2.45, 2.75) is 44.8 Å². The Labute approximate surface area is 92.2 Å². The zero-order valence-corrected chi connectivity index (χ0v) is 9.61. The van der Waals surface area contributed by atoms with Crippen molar-refractivity contribution in [2.75, 3.05) is 19.8 Å². The van der Waals surface area contributed by atoms with Crippen LogP contribution in [0.2, 0.25) is 0 Å². The van der Waals surface area contributed by atoms with Crippen LogP contribution in [0.1, 0.15) is 32.6 Å². The van der Waals surface area contributed by atoms with Crippen LogP contribution in [-0.2, 0) is 4.74 Å². The lowest BCUT2D eigenvalue weighted by Crippen LogP contribution is -2.40. The Morgan fingerprint density at radius 2 is 2.27 bits per heavy atom. The molecule has 0 radical (unpaired) electrons. The van der Waals surface area contributed by atoms with Crippen LogP contribution in [-0.4, -0.2) is 37.0 Å². The maximum absolute atomic E-state index is 9.62. The third-order valence-corrected chi connectivity index (χ3v) is 3.87. The van der Waals surface area contributed by atoms with Gasteiger partial charge in [0.05, 0.1) is 12.7 Å². The highest BCUT2D eigenvalue weighted by atomic mass is 16.5. The van der Waals surface area contributed by atoms with E-state index >= 15 is 0 Å². The first-order chi connectivity index (χ1) is 7.29. The summed E-state index contributed by atoms with van der Waals surface area (Å²) in [6.45, 7) is 3.79. The van der Waals surface area contributed by atoms with E-state index in [1.165, 1.54) is 25.7 Å². The van der Waals surface area contributed by atoms with Crippen LogP contribution in [0.5, 0.6) is 0 Å². The van der Waals surface area contributed by atoms with E-state index in [0.29, 0.717) is 25.8 Å². The predicted molar refractivity (Wildman–Crippen MR) is 59.7 cm³/mol. The molecule has 0 heterocycles. The van der Waals surface area contributed by atoms with E-state index in [2.05, 4.69) is 5.32 Å². The number of rotatable bonds is 6. The summed E-state index contributed by atoms with van der Waals surface area (Å²) in [6, 6.07) is 0.667. The molecule has 2 aliphatic rings. The molecule has 2 aliphatic carbocycles. The molecule has 2 bridgehead atoms. The summed E-state index contributed by atoms with van der Waals surface area (Å²) in [7, 11) is 0. The van der Waals surface area contributed by atoms with E-state index in [-0.39, 0.29) is 6.10 Å². The monoisotopic (exact) mass is 213 g/mol. The van der Waals surface area contributed by atoms with Crippen LogP contribution in [0, 0.1) is 11.8 Å². The van der Waals surface area contributed by atoms with Gasteiger partial charge in [-0.3, -0.25) is 0 Å². The topological polar surface area (TPSA) is 41.5 Å². The molecule has 3 nitrogen and oxygen atoms in total. The van der Waals surface area contributed by atoms with Gasteiger partial charge in [-0.15, -0.1) is 0 Å². The fraction of sp³-hybridized carbons (Fsp3) is 1.00. The van der Waals surface area contributed by atoms with E-state index in [9.17, 15) is 5.11 Å². The Kier molecular flexibility index (Phi) is 4.00. The molecule has 0 aromatic heterocycles. The molecule has 2 N–H and O–H groups in total. The number of hydrogen-bond acceptors (Lipinski definition) is 3. The molecule has 88 valence electrons. The van der Waals surface area contributed by atoms with Crippen LogP contribution in [0.3, 0.4) is 0 Å². The molecule has 0 spiro atoms. The van der Waals surface area contributed by atoms with Gasteiger partial charge in [-0.05, 0) is 38.0 Å². The zero-order chi connectivity index (χ0) is 10.7. The fourth-order valence-corrected chi connectivity index (χ4v) is 3.09. The van der Waals surface area contributed by atoms with Gasteiger partial charge in [0.2, 0.25) is 0 Å². The molecule has 2 fully saturated rings. The Balaban J connectivity index is 1.61. The van der Waals surface area contributed by atoms with Gasteiger partial charge in [0, 0.05) is 19.2 Å². The molecule has 4 unspecified atom stereocenters. The minimum Gasteiger partial charge on any atom is -0.389 e. The molecule has 15 heavy (non-hydrogen) atoms. The Morgan fingerprint density at radius 1 is 1.40 bits per heavy atom. The van der Waals surface area contributed by atoms with Crippen molar-refractivity contribution in [3.8, 4) is 0 Å². The smallest absolute Gasteiger partial charge is 0.0897 e. The summed E-state index contributed by atoms with van der Waals surface area (Å²) in [6.07, 6.45) is 5.23. The summed E-state index contributed by atoms with van der Waals surface area (Å²) in [5.41, 5.74) is 0. The second-order valence-electron chi connectivity index (χ2n) is 5.00. The highest BCUT2D eigenvalue weighted by Gasteiger charge is 2.39. The second-order valence-corrected chi connectivity index (χ2v) is 5.00. The first kappa shape index (κ1) is 11.4. The number of aliphatic hydroxyl groups is 1. The average molecular weight is 213 g/mol. The third kappa shape index (κ3) is 2.92. The van der Waals surface area contributed by atoms with E-state index < -0.39 is 0 Å². The van der Waals surface area contributed by atoms with Crippen molar-refractivity contribution in [3.05, 3.63) is 0 Å². The molecule has 3 heteroatoms. The quantitative estimate of drug-likeness (QED) is 0.696. The first-order valence-corrected chi connectivity index (χ1v) is 6.28. The molecule has 0 aliphatic heterocycles. The zero-order valence-electron chi connectivity index (χ0n) is 9.61. The number of aliphatic hydroxyl groups excluding tert-OH is 1. The van der Waals surface area contributed by atoms with E-state index in [1.54, 1.807) is 0 Å². The molecule has 0 amide bonds. The SMILES string of the molecule is CCOCC(O)CNC1CC2CCC1C2. The van der Waals surface area contributed by atoms with Crippen LogP contribution < -0.4 is 5.32 Å². The molecular formula is C12H23NO2. The lowest BCUT2D eigenvalue weighted by atomic mass is 9.95. The minimum atomic E-state index is -0.343. The molecule has 2 rings (SSSR count). The number of fused-ring (bicyclic) bond motifs is 2. The van der Waals surface area contributed by atoms with Crippen LogP contribution in [0.25, 0.3) is 0 Å². The normalized spacial score (nSPS) is 36.0. The Bertz CT molecular complexity index is 198. The standard InChI is InChI=1S/C12H23NO2/c1-2-15-8-11(14)7-13-12-6-9-3-4-10(12)5-9/h9-14H,2-8H2,1H3. The molecule has 2 saturated carbocycles. The lowest BCUT2D eigenvalue weighted by Gasteiger charge is -2.24. The predicted octanol–water partition coefficient (Wildman–Crippen LogP) is 1.16. The number of hydrogen-bond donors (Lipinski definition) is 2. The van der Waals surface area contributed by atoms with Gasteiger partial charge in [-0.1, -0.05) is 6.42 Å². The molecular weight excluding hydrogens is 190 g/mol. The summed E-state index contributed by atoms with van der Waals surface area (Å²) in [4.78, 5) is 0. The third-order valence-electron chi connectivity index (χ3n) is 3.87. The second kappa shape index (κ2) is 5.28. The van der Waals surface area contributed by atoms with Gasteiger partial charge in [-0.25, -0.2) is 0 Å². The van der Waals surface area contributed by atoms with Gasteiger partial charge < -0.3 is 15.2 Å². The van der Waals surface area contributed by atoms with Crippen molar-refractivity contribution in [3.63, 3.8) is 0 Å². The summed E-state index contributed by atoms with van der Waals surface area (Å²) < 4.78 is 5.18. The fourth-order valence-electron chi connectivity index (χ4n) is 3.09. The van der Waals surface area contributed by atoms with Crippen LogP contribution in [0.15, 0.2) is 0 Å². The Morgan fingerprint density at radius 3 is 2.87 bits per heavy atom. The van der Waals surface area contributed by atoms with Gasteiger partial charge in [0.15, 0.2) is 0 Å². The van der Waals surface area contributed by atoms with Gasteiger partial charge in [0.1, 0.15) is 0 Å². The maximum Gasteiger partial charge on any atom is 0.0897 e. The molecule has 4 atom stereocenters. The lowest BCUT2D eigenvalue weighted by molar-refractivity contribution is 0.0403. The van der Waals surface area contributed by atoms with Crippen molar-refractivity contribution in [1.82, 2.24) is 5.32 Å². The van der Waals surface area contributed by atoms with Gasteiger partial charge in [-0.2, -0.15) is 0 Å². The highest BCUT2D eigenvalue weighted by molar-refractivity contribution is 4.94. The minimum absolute atomic E-state index is 0.343. The van der Waals surface area contributed by atoms with Crippen molar-refractivity contribution >= 4 is 0 Å². The average Bonchev–Trinajstić information content (AvgIpc) is 2.84. The molecule has 0 saturated heterocycles. The van der Waals surface area contributed by atoms with Crippen molar-refractivity contribution in [1.29, 1.82) is 0 Å². The number of ether oxygens (including phenoxy) is 1. The van der Waals surface area contributed by atoms with Crippen LogP contribution >= 0.6 is 0 Å². The van der Waals surface area contributed by atoms with E-state index in [1.807, 2.05) is 6.92 Å². The first-order valence-electron chi connectivity index (χ1n) is 6.28. The summed E-state index contributed by atoms with van der Waals surface area (Å²) >= 11 is 0. The van der Waals surface area contributed by atoms with Crippen molar-refractivity contribution in [2.24, 2.45) is 11.8 Å². The molecule has 0 aromatic rings. The van der Waals surface area contributed by atoms with Gasteiger partial charge >= 0.3 is 0 Å². The summed E-state index contributed by atoms with van der Waals surface area (Å²) in [5, 5.41) is 13.1. The maximum atomic E-state index is 9.62. The largest absolute Gasteiger partial charge is 0.389 e. The van der Waals surface area contributed by atoms with Crippen LogP contribution in [0.4, 0.5) is 0 Å².